The molecule has 2 aromatic carbocycles. The summed E-state index contributed by atoms with van der Waals surface area (Å²) in [6.07, 6.45) is 1.64. The van der Waals surface area contributed by atoms with Crippen LogP contribution in [0, 0.1) is 0 Å². The molecule has 10 heteroatoms. The lowest BCUT2D eigenvalue weighted by molar-refractivity contribution is -0.128. The Morgan fingerprint density at radius 2 is 1.71 bits per heavy atom. The molecule has 7 nitrogen and oxygen atoms in total. The fourth-order valence-electron chi connectivity index (χ4n) is 3.25. The monoisotopic (exact) mass is 489 g/mol. The largest absolute Gasteiger partial charge is 0.497 e. The van der Waals surface area contributed by atoms with Crippen molar-refractivity contribution in [3.8, 4) is 11.5 Å². The maximum absolute atomic E-state index is 13.3. The molecular formula is C24H25F2N3O4S. The van der Waals surface area contributed by atoms with Crippen LogP contribution in [0.5, 0.6) is 11.5 Å². The second-order valence-electron chi connectivity index (χ2n) is 7.06. The number of alkyl halides is 2. The average Bonchev–Trinajstić information content (AvgIpc) is 3.14. The van der Waals surface area contributed by atoms with Crippen LogP contribution in [0.1, 0.15) is 19.4 Å². The molecule has 0 bridgehead atoms. The molecule has 1 heterocycles. The molecule has 0 saturated heterocycles. The first-order valence-electron chi connectivity index (χ1n) is 10.6. The summed E-state index contributed by atoms with van der Waals surface area (Å²) in [5.74, 6) is 0.297. The molecule has 0 fully saturated rings. The third-order valence-corrected chi connectivity index (χ3v) is 5.93. The minimum atomic E-state index is -2.95. The topological polar surface area (TPSA) is 71.4 Å². The number of rotatable bonds is 9. The van der Waals surface area contributed by atoms with E-state index in [1.54, 1.807) is 42.4 Å². The predicted octanol–water partition coefficient (Wildman–Crippen LogP) is 4.64. The van der Waals surface area contributed by atoms with E-state index in [0.29, 0.717) is 29.7 Å². The van der Waals surface area contributed by atoms with Gasteiger partial charge in [-0.25, -0.2) is 4.99 Å². The van der Waals surface area contributed by atoms with E-state index in [9.17, 15) is 18.4 Å². The molecule has 3 rings (SSSR count). The molecule has 180 valence electrons. The molecule has 0 N–H and O–H groups in total. The lowest BCUT2D eigenvalue weighted by Gasteiger charge is -2.20. The van der Waals surface area contributed by atoms with Gasteiger partial charge < -0.3 is 14.4 Å². The first-order valence-corrected chi connectivity index (χ1v) is 11.6. The second kappa shape index (κ2) is 11.6. The number of benzene rings is 2. The van der Waals surface area contributed by atoms with Crippen LogP contribution in [0.4, 0.5) is 14.5 Å². The Kier molecular flexibility index (Phi) is 8.64. The van der Waals surface area contributed by atoms with Gasteiger partial charge >= 0.3 is 6.61 Å². The Labute approximate surface area is 201 Å². The van der Waals surface area contributed by atoms with Crippen LogP contribution >= 0.6 is 11.8 Å². The molecule has 0 spiro atoms. The normalized spacial score (nSPS) is 14.5. The lowest BCUT2D eigenvalue weighted by atomic mass is 10.2. The molecule has 0 saturated carbocycles. The van der Waals surface area contributed by atoms with Gasteiger partial charge in [0.05, 0.1) is 18.6 Å². The van der Waals surface area contributed by atoms with E-state index in [1.807, 2.05) is 13.8 Å². The number of nitrogens with zero attached hydrogens (tertiary/aromatic N) is 3. The van der Waals surface area contributed by atoms with Gasteiger partial charge in [-0.1, -0.05) is 23.9 Å². The zero-order valence-corrected chi connectivity index (χ0v) is 19.9. The van der Waals surface area contributed by atoms with Crippen molar-refractivity contribution in [1.29, 1.82) is 0 Å². The van der Waals surface area contributed by atoms with Crippen molar-refractivity contribution in [1.82, 2.24) is 4.90 Å². The van der Waals surface area contributed by atoms with Crippen molar-refractivity contribution in [2.24, 2.45) is 4.99 Å². The molecule has 34 heavy (non-hydrogen) atoms. The van der Waals surface area contributed by atoms with Crippen LogP contribution in [0.3, 0.4) is 0 Å². The summed E-state index contributed by atoms with van der Waals surface area (Å²) < 4.78 is 34.5. The number of anilines is 1. The first-order chi connectivity index (χ1) is 16.4. The number of thioether (sulfide) groups is 1. The second-order valence-corrected chi connectivity index (χ2v) is 8.01. The van der Waals surface area contributed by atoms with Crippen LogP contribution < -0.4 is 14.4 Å². The number of carbonyl (C=O) groups excluding carboxylic acids is 2. The standard InChI is InChI=1S/C24H25F2N3O4S/c1-4-28(5-2)21(30)15-34-24-27-20(14-16-6-10-18(32-3)11-7-16)22(31)29(24)17-8-12-19(13-9-17)33-23(25)26/h6-14,23H,4-5,15H2,1-3H3. The zero-order valence-electron chi connectivity index (χ0n) is 19.0. The van der Waals surface area contributed by atoms with Crippen LogP contribution in [0.15, 0.2) is 59.2 Å². The molecule has 0 aliphatic carbocycles. The van der Waals surface area contributed by atoms with Crippen molar-refractivity contribution < 1.29 is 27.8 Å². The van der Waals surface area contributed by atoms with Gasteiger partial charge in [-0.05, 0) is 61.9 Å². The van der Waals surface area contributed by atoms with E-state index in [4.69, 9.17) is 4.74 Å². The number of hydrogen-bond acceptors (Lipinski definition) is 6. The van der Waals surface area contributed by atoms with Crippen molar-refractivity contribution >= 4 is 40.5 Å². The smallest absolute Gasteiger partial charge is 0.387 e. The van der Waals surface area contributed by atoms with E-state index in [1.165, 1.54) is 29.2 Å². The van der Waals surface area contributed by atoms with Crippen molar-refractivity contribution in [2.45, 2.75) is 20.5 Å². The van der Waals surface area contributed by atoms with Crippen LogP contribution in [-0.4, -0.2) is 54.4 Å². The minimum Gasteiger partial charge on any atom is -0.497 e. The number of carbonyl (C=O) groups is 2. The average molecular weight is 490 g/mol. The molecule has 1 aliphatic rings. The van der Waals surface area contributed by atoms with Crippen LogP contribution in [0.25, 0.3) is 6.08 Å². The third kappa shape index (κ3) is 6.13. The molecule has 0 atom stereocenters. The summed E-state index contributed by atoms with van der Waals surface area (Å²) in [7, 11) is 1.57. The molecule has 2 amide bonds. The summed E-state index contributed by atoms with van der Waals surface area (Å²) in [5.41, 5.74) is 1.36. The SMILES string of the molecule is CCN(CC)C(=O)CSC1=NC(=Cc2ccc(OC)cc2)C(=O)N1c1ccc(OC(F)F)cc1. The van der Waals surface area contributed by atoms with Crippen molar-refractivity contribution in [3.63, 3.8) is 0 Å². The van der Waals surface area contributed by atoms with Gasteiger partial charge in [0.1, 0.15) is 17.2 Å². The molecule has 2 aromatic rings. The molecule has 0 radical (unpaired) electrons. The number of amides is 2. The quantitative estimate of drug-likeness (QED) is 0.480. The summed E-state index contributed by atoms with van der Waals surface area (Å²) in [6, 6.07) is 12.8. The number of ether oxygens (including phenoxy) is 2. The number of aliphatic imine (C=N–C) groups is 1. The summed E-state index contributed by atoms with van der Waals surface area (Å²) >= 11 is 1.14. The highest BCUT2D eigenvalue weighted by Gasteiger charge is 2.32. The summed E-state index contributed by atoms with van der Waals surface area (Å²) in [6.45, 7) is 2.01. The summed E-state index contributed by atoms with van der Waals surface area (Å²) in [5, 5.41) is 0.327. The van der Waals surface area contributed by atoms with E-state index in [2.05, 4.69) is 9.73 Å². The van der Waals surface area contributed by atoms with E-state index < -0.39 is 12.5 Å². The number of halogens is 2. The van der Waals surface area contributed by atoms with Gasteiger partial charge in [-0.3, -0.25) is 14.5 Å². The van der Waals surface area contributed by atoms with Gasteiger partial charge in [0.25, 0.3) is 5.91 Å². The van der Waals surface area contributed by atoms with Gasteiger partial charge in [0, 0.05) is 13.1 Å². The van der Waals surface area contributed by atoms with Gasteiger partial charge in [0.2, 0.25) is 5.91 Å². The minimum absolute atomic E-state index is 0.0257. The molecule has 0 aromatic heterocycles. The van der Waals surface area contributed by atoms with Crippen molar-refractivity contribution in [3.05, 3.63) is 59.8 Å². The van der Waals surface area contributed by atoms with Gasteiger partial charge in [-0.2, -0.15) is 8.78 Å². The van der Waals surface area contributed by atoms with E-state index >= 15 is 0 Å². The third-order valence-electron chi connectivity index (χ3n) is 5.01. The van der Waals surface area contributed by atoms with Crippen LogP contribution in [0.2, 0.25) is 0 Å². The Hall–Kier alpha value is -3.40. The van der Waals surface area contributed by atoms with Crippen LogP contribution in [-0.2, 0) is 9.59 Å². The lowest BCUT2D eigenvalue weighted by Crippen LogP contribution is -2.34. The van der Waals surface area contributed by atoms with E-state index in [-0.39, 0.29) is 23.1 Å². The summed E-state index contributed by atoms with van der Waals surface area (Å²) in [4.78, 5) is 33.3. The Morgan fingerprint density at radius 3 is 2.26 bits per heavy atom. The molecule has 1 aliphatic heterocycles. The Bertz CT molecular complexity index is 1070. The highest BCUT2D eigenvalue weighted by atomic mass is 32.2. The fourth-order valence-corrected chi connectivity index (χ4v) is 4.16. The highest BCUT2D eigenvalue weighted by molar-refractivity contribution is 8.14. The number of methoxy groups -OCH3 is 1. The molecule has 0 unspecified atom stereocenters. The fraction of sp³-hybridized carbons (Fsp3) is 0.292. The van der Waals surface area contributed by atoms with Crippen molar-refractivity contribution in [2.75, 3.05) is 30.9 Å². The predicted molar refractivity (Wildman–Crippen MR) is 129 cm³/mol. The van der Waals surface area contributed by atoms with Gasteiger partial charge in [0.15, 0.2) is 5.17 Å². The molecular weight excluding hydrogens is 464 g/mol. The Morgan fingerprint density at radius 1 is 1.09 bits per heavy atom. The zero-order chi connectivity index (χ0) is 24.7. The maximum atomic E-state index is 13.3. The van der Waals surface area contributed by atoms with E-state index in [0.717, 1.165) is 17.3 Å². The first kappa shape index (κ1) is 25.2. The maximum Gasteiger partial charge on any atom is 0.387 e. The Balaban J connectivity index is 1.89. The highest BCUT2D eigenvalue weighted by Crippen LogP contribution is 2.31. The number of amidine groups is 1. The van der Waals surface area contributed by atoms with Gasteiger partial charge in [-0.15, -0.1) is 0 Å². The number of hydrogen-bond donors (Lipinski definition) is 0.